The van der Waals surface area contributed by atoms with Crippen LogP contribution < -0.4 is 28.1 Å². The van der Waals surface area contributed by atoms with Gasteiger partial charge in [0.2, 0.25) is 0 Å². The van der Waals surface area contributed by atoms with Crippen molar-refractivity contribution in [3.63, 3.8) is 0 Å². The standard InChI is InChI=1S/C33H33.C13H8Br2.C5H5.2ClH.Zr/c1-32(2,3)30-20-26-24(18-28(30)22-13-9-7-10-14-22)17-25-19-29(23-15-11-8-12-16-23)31(21-27(25)26)33(4,5)6;14-12-5-1-3-10(8-12)7-11-4-2-6-13(15)9-11;1-2-4-5-3-1;;;/h7-16,18,20-21H,17H2,1-6H3;1-6,8-9H;1-5H;2*1H;/q;;;;;+2/p-2. The first-order chi connectivity index (χ1) is 25.9. The van der Waals surface area contributed by atoms with Gasteiger partial charge in [-0.3, -0.25) is 0 Å². The minimum Gasteiger partial charge on any atom is -1.00 e. The summed E-state index contributed by atoms with van der Waals surface area (Å²) in [4.78, 5) is 0. The van der Waals surface area contributed by atoms with E-state index in [1.807, 2.05) is 0 Å². The summed E-state index contributed by atoms with van der Waals surface area (Å²) in [6.45, 7) is 14.3. The monoisotopic (exact) mass is 976 g/mol. The Kier molecular flexibility index (Phi) is 13.1. The molecule has 56 heavy (non-hydrogen) atoms. The molecule has 0 fully saturated rings. The number of hydrogen-bond donors (Lipinski definition) is 0. The summed E-state index contributed by atoms with van der Waals surface area (Å²) in [6, 6.07) is 48.2. The van der Waals surface area contributed by atoms with Crippen molar-refractivity contribution in [2.24, 2.45) is 0 Å². The van der Waals surface area contributed by atoms with Crippen molar-refractivity contribution in [3.05, 3.63) is 194 Å². The van der Waals surface area contributed by atoms with Gasteiger partial charge in [-0.15, -0.1) is 0 Å². The quantitative estimate of drug-likeness (QED) is 0.158. The van der Waals surface area contributed by atoms with Gasteiger partial charge in [-0.1, -0.05) is 0 Å². The summed E-state index contributed by atoms with van der Waals surface area (Å²) in [5, 5.41) is 0. The van der Waals surface area contributed by atoms with Gasteiger partial charge in [0.25, 0.3) is 0 Å². The van der Waals surface area contributed by atoms with E-state index in [4.69, 9.17) is 0 Å². The maximum Gasteiger partial charge on any atom is -1.00 e. The molecule has 0 spiro atoms. The third-order valence-electron chi connectivity index (χ3n) is 10.9. The Hall–Kier alpha value is -2.91. The van der Waals surface area contributed by atoms with Crippen LogP contribution in [0.4, 0.5) is 0 Å². The summed E-state index contributed by atoms with van der Waals surface area (Å²) < 4.78 is 5.75. The van der Waals surface area contributed by atoms with Crippen LogP contribution in [0.1, 0.15) is 74.9 Å². The SMILES string of the molecule is CC(C)(C)c1cc2c(cc1-c1ccccc1)Cc1c-2cc(C(C)(C)C)c(-c2ccccc2)[c]1[Zr+2](=[C](c1cccc(Br)c1)c1cccc(Br)c1)[CH]1C=CC=C1.[Cl-].[Cl-]. The van der Waals surface area contributed by atoms with Crippen LogP contribution in [0, 0.1) is 0 Å². The first-order valence-corrected chi connectivity index (χ1v) is 24.4. The predicted octanol–water partition coefficient (Wildman–Crippen LogP) is 8.15. The topological polar surface area (TPSA) is 0 Å². The molecule has 8 rings (SSSR count). The molecule has 0 nitrogen and oxygen atoms in total. The molecule has 6 aromatic rings. The third-order valence-corrected chi connectivity index (χ3v) is 19.9. The van der Waals surface area contributed by atoms with Gasteiger partial charge in [0.05, 0.1) is 0 Å². The first kappa shape index (κ1) is 42.7. The Morgan fingerprint density at radius 1 is 0.554 bits per heavy atom. The van der Waals surface area contributed by atoms with Gasteiger partial charge in [0.1, 0.15) is 0 Å². The van der Waals surface area contributed by atoms with Crippen LogP contribution in [-0.2, 0) is 38.5 Å². The second-order valence-corrected chi connectivity index (χ2v) is 24.7. The molecular formula is C51H46Br2Cl2Zr. The zero-order chi connectivity index (χ0) is 37.8. The van der Waals surface area contributed by atoms with E-state index in [-0.39, 0.29) is 35.6 Å². The molecule has 0 saturated carbocycles. The molecule has 282 valence electrons. The van der Waals surface area contributed by atoms with Crippen LogP contribution in [0.3, 0.4) is 0 Å². The molecule has 0 atom stereocenters. The Bertz CT molecular complexity index is 2440. The van der Waals surface area contributed by atoms with E-state index in [9.17, 15) is 0 Å². The fourth-order valence-electron chi connectivity index (χ4n) is 8.50. The molecule has 5 heteroatoms. The molecule has 0 radical (unpaired) electrons. The van der Waals surface area contributed by atoms with Gasteiger partial charge in [-0.25, -0.2) is 0 Å². The number of allylic oxidation sites excluding steroid dienone is 4. The molecule has 2 aliphatic carbocycles. The Labute approximate surface area is 370 Å². The minimum absolute atomic E-state index is 0. The zero-order valence-corrected chi connectivity index (χ0v) is 39.9. The van der Waals surface area contributed by atoms with E-state index in [0.717, 1.165) is 15.4 Å². The summed E-state index contributed by atoms with van der Waals surface area (Å²) in [7, 11) is 0. The minimum atomic E-state index is -3.06. The van der Waals surface area contributed by atoms with E-state index in [0.29, 0.717) is 3.63 Å². The average molecular weight is 981 g/mol. The van der Waals surface area contributed by atoms with E-state index in [1.54, 1.807) is 3.27 Å². The van der Waals surface area contributed by atoms with Crippen LogP contribution in [0.5, 0.6) is 0 Å². The van der Waals surface area contributed by atoms with Crippen LogP contribution in [0.25, 0.3) is 33.4 Å². The number of fused-ring (bicyclic) bond motifs is 3. The molecular weight excluding hydrogens is 934 g/mol. The van der Waals surface area contributed by atoms with Gasteiger partial charge in [0.15, 0.2) is 0 Å². The van der Waals surface area contributed by atoms with Gasteiger partial charge < -0.3 is 24.8 Å². The van der Waals surface area contributed by atoms with Crippen LogP contribution in [0.15, 0.2) is 161 Å². The Morgan fingerprint density at radius 2 is 1.07 bits per heavy atom. The Morgan fingerprint density at radius 3 is 1.59 bits per heavy atom. The molecule has 2 aliphatic rings. The molecule has 0 aromatic heterocycles. The van der Waals surface area contributed by atoms with E-state index >= 15 is 0 Å². The van der Waals surface area contributed by atoms with Crippen LogP contribution in [-0.4, -0.2) is 3.21 Å². The van der Waals surface area contributed by atoms with Gasteiger partial charge >= 0.3 is 349 Å². The van der Waals surface area contributed by atoms with E-state index in [2.05, 4.69) is 225 Å². The molecule has 0 unspecified atom stereocenters. The molecule has 6 aromatic carbocycles. The summed E-state index contributed by atoms with van der Waals surface area (Å²) in [5.41, 5.74) is 16.6. The smallest absolute Gasteiger partial charge is 1.00 e. The van der Waals surface area contributed by atoms with Gasteiger partial charge in [0, 0.05) is 0 Å². The van der Waals surface area contributed by atoms with E-state index in [1.165, 1.54) is 70.0 Å². The van der Waals surface area contributed by atoms with Gasteiger partial charge in [-0.05, 0) is 0 Å². The first-order valence-electron chi connectivity index (χ1n) is 19.0. The fraction of sp³-hybridized carbons (Fsp3) is 0.196. The second kappa shape index (κ2) is 17.1. The molecule has 0 aliphatic heterocycles. The molecule has 0 heterocycles. The van der Waals surface area contributed by atoms with Crippen molar-refractivity contribution < 1.29 is 46.1 Å². The summed E-state index contributed by atoms with van der Waals surface area (Å²) >= 11 is 4.71. The van der Waals surface area contributed by atoms with Gasteiger partial charge in [-0.2, -0.15) is 0 Å². The van der Waals surface area contributed by atoms with Crippen molar-refractivity contribution in [2.45, 2.75) is 62.4 Å². The number of hydrogen-bond acceptors (Lipinski definition) is 0. The maximum absolute atomic E-state index is 3.88. The molecule has 0 N–H and O–H groups in total. The molecule has 0 saturated heterocycles. The predicted molar refractivity (Wildman–Crippen MR) is 236 cm³/mol. The van der Waals surface area contributed by atoms with Crippen molar-refractivity contribution in [3.8, 4) is 33.4 Å². The second-order valence-electron chi connectivity index (χ2n) is 16.8. The molecule has 0 bridgehead atoms. The summed E-state index contributed by atoms with van der Waals surface area (Å²) in [6.07, 6.45) is 10.5. The number of benzene rings is 6. The number of halogens is 4. The van der Waals surface area contributed by atoms with E-state index < -0.39 is 21.3 Å². The fourth-order valence-corrected chi connectivity index (χ4v) is 18.0. The average Bonchev–Trinajstić information content (AvgIpc) is 3.81. The Balaban J connectivity index is 0.00000266. The van der Waals surface area contributed by atoms with Crippen LogP contribution >= 0.6 is 31.9 Å². The van der Waals surface area contributed by atoms with Crippen molar-refractivity contribution in [2.75, 3.05) is 0 Å². The van der Waals surface area contributed by atoms with Crippen molar-refractivity contribution in [1.29, 1.82) is 0 Å². The van der Waals surface area contributed by atoms with Crippen molar-refractivity contribution >= 4 is 38.3 Å². The third kappa shape index (κ3) is 8.33. The zero-order valence-electron chi connectivity index (χ0n) is 32.7. The molecule has 0 amide bonds. The maximum atomic E-state index is 3.88. The normalized spacial score (nSPS) is 13.0. The van der Waals surface area contributed by atoms with Crippen LogP contribution in [0.2, 0.25) is 3.63 Å². The number of rotatable bonds is 6. The van der Waals surface area contributed by atoms with Crippen molar-refractivity contribution in [1.82, 2.24) is 0 Å². The largest absolute Gasteiger partial charge is 1.00 e. The summed E-state index contributed by atoms with van der Waals surface area (Å²) in [5.74, 6) is 0.